The Hall–Kier alpha value is 0.310. The first kappa shape index (κ1) is 22.6. The molecule has 0 aliphatic heterocycles. The molecule has 0 saturated heterocycles. The van der Waals surface area contributed by atoms with Gasteiger partial charge < -0.3 is 15.4 Å². The number of hydrogen-bond acceptors (Lipinski definition) is 3. The van der Waals surface area contributed by atoms with E-state index in [1.807, 2.05) is 11.8 Å². The Morgan fingerprint density at radius 2 is 1.90 bits per heavy atom. The molecule has 0 bridgehead atoms. The van der Waals surface area contributed by atoms with Crippen LogP contribution in [0, 0.1) is 5.92 Å². The molecule has 0 rings (SSSR count). The maximum atomic E-state index is 5.56. The Labute approximate surface area is 146 Å². The van der Waals surface area contributed by atoms with Crippen molar-refractivity contribution in [2.45, 2.75) is 38.9 Å². The Morgan fingerprint density at radius 3 is 2.40 bits per heavy atom. The SMILES string of the molecule is CN=C(NCCOCCC(C)C)NCC(C)(C)SC.I. The van der Waals surface area contributed by atoms with Gasteiger partial charge in [0.05, 0.1) is 6.61 Å². The van der Waals surface area contributed by atoms with Crippen LogP contribution in [0.1, 0.15) is 34.1 Å². The highest BCUT2D eigenvalue weighted by Crippen LogP contribution is 2.19. The van der Waals surface area contributed by atoms with Crippen molar-refractivity contribution in [1.82, 2.24) is 10.6 Å². The first-order chi connectivity index (χ1) is 8.91. The van der Waals surface area contributed by atoms with Crippen LogP contribution in [0.5, 0.6) is 0 Å². The van der Waals surface area contributed by atoms with E-state index in [4.69, 9.17) is 4.74 Å². The minimum atomic E-state index is 0. The second kappa shape index (κ2) is 13.0. The van der Waals surface area contributed by atoms with Gasteiger partial charge in [-0.25, -0.2) is 0 Å². The van der Waals surface area contributed by atoms with Gasteiger partial charge in [0.25, 0.3) is 0 Å². The van der Waals surface area contributed by atoms with Gasteiger partial charge in [-0.3, -0.25) is 4.99 Å². The number of aliphatic imine (C=N–C) groups is 1. The predicted molar refractivity (Wildman–Crippen MR) is 103 cm³/mol. The monoisotopic (exact) mass is 417 g/mol. The lowest BCUT2D eigenvalue weighted by Crippen LogP contribution is -2.44. The number of hydrogen-bond donors (Lipinski definition) is 2. The van der Waals surface area contributed by atoms with Crippen LogP contribution in [0.15, 0.2) is 4.99 Å². The van der Waals surface area contributed by atoms with E-state index >= 15 is 0 Å². The zero-order chi connectivity index (χ0) is 14.7. The third-order valence-corrected chi connectivity index (χ3v) is 4.09. The number of nitrogens with zero attached hydrogens (tertiary/aromatic N) is 1. The van der Waals surface area contributed by atoms with Crippen molar-refractivity contribution in [2.75, 3.05) is 39.6 Å². The van der Waals surface area contributed by atoms with E-state index in [0.29, 0.717) is 5.92 Å². The van der Waals surface area contributed by atoms with Gasteiger partial charge in [-0.2, -0.15) is 11.8 Å². The van der Waals surface area contributed by atoms with E-state index in [1.165, 1.54) is 0 Å². The molecule has 122 valence electrons. The van der Waals surface area contributed by atoms with Crippen LogP contribution in [0.2, 0.25) is 0 Å². The van der Waals surface area contributed by atoms with Gasteiger partial charge in [-0.15, -0.1) is 24.0 Å². The van der Waals surface area contributed by atoms with Gasteiger partial charge in [-0.05, 0) is 32.4 Å². The summed E-state index contributed by atoms with van der Waals surface area (Å²) in [4.78, 5) is 4.20. The molecule has 0 aromatic carbocycles. The highest BCUT2D eigenvalue weighted by Gasteiger charge is 2.15. The topological polar surface area (TPSA) is 45.7 Å². The highest BCUT2D eigenvalue weighted by atomic mass is 127. The molecule has 0 fully saturated rings. The van der Waals surface area contributed by atoms with Crippen LogP contribution in [0.4, 0.5) is 0 Å². The van der Waals surface area contributed by atoms with Crippen molar-refractivity contribution in [3.05, 3.63) is 0 Å². The first-order valence-corrected chi connectivity index (χ1v) is 8.21. The fourth-order valence-corrected chi connectivity index (χ4v) is 1.47. The van der Waals surface area contributed by atoms with Crippen molar-refractivity contribution in [3.63, 3.8) is 0 Å². The predicted octanol–water partition coefficient (Wildman–Crippen LogP) is 2.97. The number of thioether (sulfide) groups is 1. The third-order valence-electron chi connectivity index (χ3n) is 2.84. The van der Waals surface area contributed by atoms with E-state index < -0.39 is 0 Å². The molecule has 0 spiro atoms. The van der Waals surface area contributed by atoms with E-state index in [0.717, 1.165) is 38.7 Å². The smallest absolute Gasteiger partial charge is 0.191 e. The summed E-state index contributed by atoms with van der Waals surface area (Å²) in [5.74, 6) is 1.55. The fraction of sp³-hybridized carbons (Fsp3) is 0.929. The summed E-state index contributed by atoms with van der Waals surface area (Å²) in [7, 11) is 1.79. The third kappa shape index (κ3) is 13.3. The second-order valence-electron chi connectivity index (χ2n) is 5.61. The summed E-state index contributed by atoms with van der Waals surface area (Å²) in [5, 5.41) is 6.59. The normalized spacial score (nSPS) is 12.2. The summed E-state index contributed by atoms with van der Waals surface area (Å²) in [6, 6.07) is 0. The number of ether oxygens (including phenoxy) is 1. The van der Waals surface area contributed by atoms with Gasteiger partial charge in [0.1, 0.15) is 0 Å². The Morgan fingerprint density at radius 1 is 1.25 bits per heavy atom. The summed E-state index contributed by atoms with van der Waals surface area (Å²) >= 11 is 1.85. The van der Waals surface area contributed by atoms with Crippen LogP contribution in [-0.2, 0) is 4.74 Å². The molecular weight excluding hydrogens is 385 g/mol. The number of halogens is 1. The van der Waals surface area contributed by atoms with Crippen molar-refractivity contribution < 1.29 is 4.74 Å². The summed E-state index contributed by atoms with van der Waals surface area (Å²) in [5.41, 5.74) is 0. The fourth-order valence-electron chi connectivity index (χ4n) is 1.25. The molecular formula is C14H32IN3OS. The minimum Gasteiger partial charge on any atom is -0.380 e. The van der Waals surface area contributed by atoms with Crippen molar-refractivity contribution in [1.29, 1.82) is 0 Å². The molecule has 2 N–H and O–H groups in total. The van der Waals surface area contributed by atoms with E-state index in [1.54, 1.807) is 7.05 Å². The lowest BCUT2D eigenvalue weighted by Gasteiger charge is -2.23. The van der Waals surface area contributed by atoms with Crippen molar-refractivity contribution in [2.24, 2.45) is 10.9 Å². The molecule has 0 aliphatic carbocycles. The van der Waals surface area contributed by atoms with Gasteiger partial charge in [0, 0.05) is 31.5 Å². The number of nitrogens with one attached hydrogen (secondary N) is 2. The minimum absolute atomic E-state index is 0. The average Bonchev–Trinajstić information content (AvgIpc) is 2.36. The zero-order valence-corrected chi connectivity index (χ0v) is 16.9. The molecule has 0 unspecified atom stereocenters. The van der Waals surface area contributed by atoms with Gasteiger partial charge in [-0.1, -0.05) is 13.8 Å². The Kier molecular flexibility index (Phi) is 14.7. The molecule has 0 radical (unpaired) electrons. The number of rotatable bonds is 9. The molecule has 6 heteroatoms. The van der Waals surface area contributed by atoms with E-state index in [-0.39, 0.29) is 28.7 Å². The van der Waals surface area contributed by atoms with E-state index in [9.17, 15) is 0 Å². The molecule has 0 heterocycles. The molecule has 0 amide bonds. The largest absolute Gasteiger partial charge is 0.380 e. The molecule has 0 aliphatic rings. The summed E-state index contributed by atoms with van der Waals surface area (Å²) in [6.45, 7) is 12.1. The Bertz CT molecular complexity index is 261. The maximum absolute atomic E-state index is 5.56. The summed E-state index contributed by atoms with van der Waals surface area (Å²) in [6.07, 6.45) is 3.25. The maximum Gasteiger partial charge on any atom is 0.191 e. The molecule has 0 saturated carbocycles. The Balaban J connectivity index is 0. The lowest BCUT2D eigenvalue weighted by atomic mass is 10.1. The van der Waals surface area contributed by atoms with Crippen molar-refractivity contribution in [3.8, 4) is 0 Å². The van der Waals surface area contributed by atoms with Gasteiger partial charge >= 0.3 is 0 Å². The second-order valence-corrected chi connectivity index (χ2v) is 7.12. The molecule has 0 aromatic heterocycles. The van der Waals surface area contributed by atoms with E-state index in [2.05, 4.69) is 49.6 Å². The zero-order valence-electron chi connectivity index (χ0n) is 13.8. The lowest BCUT2D eigenvalue weighted by molar-refractivity contribution is 0.128. The quantitative estimate of drug-likeness (QED) is 0.262. The summed E-state index contributed by atoms with van der Waals surface area (Å²) < 4.78 is 5.77. The molecule has 20 heavy (non-hydrogen) atoms. The average molecular weight is 417 g/mol. The molecule has 4 nitrogen and oxygen atoms in total. The highest BCUT2D eigenvalue weighted by molar-refractivity contribution is 14.0. The van der Waals surface area contributed by atoms with Crippen LogP contribution in [0.25, 0.3) is 0 Å². The van der Waals surface area contributed by atoms with Gasteiger partial charge in [0.2, 0.25) is 0 Å². The standard InChI is InChI=1S/C14H31N3OS.HI/c1-12(2)7-9-18-10-8-16-13(15-5)17-11-14(3,4)19-6;/h12H,7-11H2,1-6H3,(H2,15,16,17);1H. The number of guanidine groups is 1. The van der Waals surface area contributed by atoms with Gasteiger partial charge in [0.15, 0.2) is 5.96 Å². The van der Waals surface area contributed by atoms with Crippen molar-refractivity contribution >= 4 is 41.7 Å². The molecule has 0 atom stereocenters. The van der Waals surface area contributed by atoms with Crippen LogP contribution in [0.3, 0.4) is 0 Å². The van der Waals surface area contributed by atoms with Crippen LogP contribution >= 0.6 is 35.7 Å². The first-order valence-electron chi connectivity index (χ1n) is 6.98. The van der Waals surface area contributed by atoms with Crippen LogP contribution in [-0.4, -0.2) is 50.3 Å². The van der Waals surface area contributed by atoms with Crippen LogP contribution < -0.4 is 10.6 Å². The molecule has 0 aromatic rings.